The van der Waals surface area contributed by atoms with Crippen LogP contribution in [0.15, 0.2) is 59.7 Å². The highest BCUT2D eigenvalue weighted by atomic mass is 35.5. The Morgan fingerprint density at radius 3 is 2.38 bits per heavy atom. The molecule has 0 aliphatic carbocycles. The minimum absolute atomic E-state index is 0.176. The average Bonchev–Trinajstić information content (AvgIpc) is 2.85. The number of hydrazone groups is 1. The number of anilines is 1. The molecule has 0 unspecified atom stereocenters. The Labute approximate surface area is 216 Å². The second-order valence-electron chi connectivity index (χ2n) is 7.96. The number of rotatable bonds is 7. The standard InChI is InChI=1S/C26H23ClF3N3O4/c1-15-9-21(10-16(2)23(15)27)37-14-18-11-17(7-8-22(18)36-3)13-31-33-25(35)24(34)32-20-6-4-5-19(12-20)26(28,29)30/h4-13H,14H2,1-3H3,(H,32,34)(H,33,35). The number of nitrogens with zero attached hydrogens (tertiary/aromatic N) is 1. The maximum Gasteiger partial charge on any atom is 0.416 e. The highest BCUT2D eigenvalue weighted by Gasteiger charge is 2.30. The van der Waals surface area contributed by atoms with Crippen LogP contribution in [0, 0.1) is 13.8 Å². The van der Waals surface area contributed by atoms with E-state index >= 15 is 0 Å². The largest absolute Gasteiger partial charge is 0.496 e. The van der Waals surface area contributed by atoms with Gasteiger partial charge in [-0.3, -0.25) is 9.59 Å². The molecule has 3 aromatic carbocycles. The minimum atomic E-state index is -4.58. The lowest BCUT2D eigenvalue weighted by Gasteiger charge is -2.13. The lowest BCUT2D eigenvalue weighted by atomic mass is 10.1. The monoisotopic (exact) mass is 533 g/mol. The molecule has 0 aliphatic rings. The molecular weight excluding hydrogens is 511 g/mol. The summed E-state index contributed by atoms with van der Waals surface area (Å²) < 4.78 is 49.7. The third kappa shape index (κ3) is 7.47. The molecule has 0 fully saturated rings. The topological polar surface area (TPSA) is 89.0 Å². The summed E-state index contributed by atoms with van der Waals surface area (Å²) in [6.45, 7) is 3.94. The van der Waals surface area contributed by atoms with Gasteiger partial charge in [-0.1, -0.05) is 17.7 Å². The molecule has 0 spiro atoms. The van der Waals surface area contributed by atoms with Crippen LogP contribution in [0.5, 0.6) is 11.5 Å². The molecule has 3 rings (SSSR count). The number of benzene rings is 3. The number of nitrogens with one attached hydrogen (secondary N) is 2. The van der Waals surface area contributed by atoms with Gasteiger partial charge < -0.3 is 14.8 Å². The van der Waals surface area contributed by atoms with Gasteiger partial charge >= 0.3 is 18.0 Å². The van der Waals surface area contributed by atoms with Crippen LogP contribution in [-0.4, -0.2) is 25.1 Å². The molecule has 194 valence electrons. The Kier molecular flexibility index (Phi) is 8.77. The molecule has 2 amide bonds. The predicted molar refractivity (Wildman–Crippen MR) is 134 cm³/mol. The van der Waals surface area contributed by atoms with E-state index in [0.29, 0.717) is 27.6 Å². The summed E-state index contributed by atoms with van der Waals surface area (Å²) in [5.41, 5.74) is 3.95. The van der Waals surface area contributed by atoms with E-state index in [-0.39, 0.29) is 12.3 Å². The lowest BCUT2D eigenvalue weighted by molar-refractivity contribution is -0.137. The highest BCUT2D eigenvalue weighted by Crippen LogP contribution is 2.31. The van der Waals surface area contributed by atoms with Crippen molar-refractivity contribution in [3.63, 3.8) is 0 Å². The van der Waals surface area contributed by atoms with Crippen molar-refractivity contribution >= 4 is 35.3 Å². The van der Waals surface area contributed by atoms with Crippen LogP contribution in [-0.2, 0) is 22.4 Å². The van der Waals surface area contributed by atoms with Crippen LogP contribution < -0.4 is 20.2 Å². The lowest BCUT2D eigenvalue weighted by Crippen LogP contribution is -2.32. The Hall–Kier alpha value is -4.05. The molecule has 3 aromatic rings. The van der Waals surface area contributed by atoms with Gasteiger partial charge in [-0.2, -0.15) is 18.3 Å². The van der Waals surface area contributed by atoms with Crippen LogP contribution in [0.25, 0.3) is 0 Å². The second-order valence-corrected chi connectivity index (χ2v) is 8.34. The van der Waals surface area contributed by atoms with Gasteiger partial charge in [0.05, 0.1) is 18.9 Å². The van der Waals surface area contributed by atoms with Gasteiger partial charge in [0.2, 0.25) is 0 Å². The summed E-state index contributed by atoms with van der Waals surface area (Å²) in [4.78, 5) is 24.0. The van der Waals surface area contributed by atoms with Gasteiger partial charge in [-0.25, -0.2) is 5.43 Å². The van der Waals surface area contributed by atoms with Gasteiger partial charge in [0.1, 0.15) is 18.1 Å². The van der Waals surface area contributed by atoms with Gasteiger partial charge in [0, 0.05) is 16.3 Å². The van der Waals surface area contributed by atoms with Crippen molar-refractivity contribution in [3.8, 4) is 11.5 Å². The van der Waals surface area contributed by atoms with Crippen molar-refractivity contribution in [1.82, 2.24) is 5.43 Å². The molecule has 0 saturated carbocycles. The first-order chi connectivity index (χ1) is 17.5. The van der Waals surface area contributed by atoms with Crippen LogP contribution in [0.2, 0.25) is 5.02 Å². The van der Waals surface area contributed by atoms with Crippen molar-refractivity contribution in [2.24, 2.45) is 5.10 Å². The molecule has 0 bridgehead atoms. The number of carbonyl (C=O) groups excluding carboxylic acids is 2. The zero-order valence-electron chi connectivity index (χ0n) is 20.1. The molecule has 11 heteroatoms. The summed E-state index contributed by atoms with van der Waals surface area (Å²) in [7, 11) is 1.52. The first kappa shape index (κ1) is 27.5. The number of aryl methyl sites for hydroxylation is 2. The average molecular weight is 534 g/mol. The van der Waals surface area contributed by atoms with Gasteiger partial charge in [-0.15, -0.1) is 0 Å². The fraction of sp³-hybridized carbons (Fsp3) is 0.192. The molecule has 0 heterocycles. The number of hydrogen-bond acceptors (Lipinski definition) is 5. The molecule has 7 nitrogen and oxygen atoms in total. The Morgan fingerprint density at radius 2 is 1.73 bits per heavy atom. The highest BCUT2D eigenvalue weighted by molar-refractivity contribution is 6.39. The fourth-order valence-corrected chi connectivity index (χ4v) is 3.43. The van der Waals surface area contributed by atoms with Crippen molar-refractivity contribution < 1.29 is 32.2 Å². The zero-order valence-corrected chi connectivity index (χ0v) is 20.8. The Morgan fingerprint density at radius 1 is 1.03 bits per heavy atom. The SMILES string of the molecule is COc1ccc(C=NNC(=O)C(=O)Nc2cccc(C(F)(F)F)c2)cc1COc1cc(C)c(Cl)c(C)c1. The normalized spacial score (nSPS) is 11.3. The smallest absolute Gasteiger partial charge is 0.416 e. The van der Waals surface area contributed by atoms with E-state index in [1.54, 1.807) is 18.2 Å². The zero-order chi connectivity index (χ0) is 27.2. The third-order valence-electron chi connectivity index (χ3n) is 5.14. The van der Waals surface area contributed by atoms with Crippen molar-refractivity contribution in [3.05, 3.63) is 87.4 Å². The second kappa shape index (κ2) is 11.8. The molecule has 0 radical (unpaired) electrons. The number of halogens is 4. The molecule has 0 aliphatic heterocycles. The Bertz CT molecular complexity index is 1320. The molecule has 2 N–H and O–H groups in total. The quantitative estimate of drug-likeness (QED) is 0.233. The summed E-state index contributed by atoms with van der Waals surface area (Å²) in [5, 5.41) is 6.53. The Balaban J connectivity index is 1.63. The molecule has 0 saturated heterocycles. The van der Waals surface area contributed by atoms with Gasteiger partial charge in [-0.05, 0) is 79.1 Å². The summed E-state index contributed by atoms with van der Waals surface area (Å²) in [6.07, 6.45) is -3.28. The van der Waals surface area contributed by atoms with Crippen LogP contribution >= 0.6 is 11.6 Å². The minimum Gasteiger partial charge on any atom is -0.496 e. The van der Waals surface area contributed by atoms with Crippen LogP contribution in [0.1, 0.15) is 27.8 Å². The maximum atomic E-state index is 12.8. The van der Waals surface area contributed by atoms with Gasteiger partial charge in [0.25, 0.3) is 0 Å². The van der Waals surface area contributed by atoms with Gasteiger partial charge in [0.15, 0.2) is 0 Å². The van der Waals surface area contributed by atoms with Crippen molar-refractivity contribution in [2.45, 2.75) is 26.6 Å². The number of ether oxygens (including phenoxy) is 2. The first-order valence-electron chi connectivity index (χ1n) is 10.9. The summed E-state index contributed by atoms with van der Waals surface area (Å²) in [5.74, 6) is -1.11. The number of methoxy groups -OCH3 is 1. The number of hydrogen-bond donors (Lipinski definition) is 2. The van der Waals surface area contributed by atoms with E-state index in [1.807, 2.05) is 31.4 Å². The van der Waals surface area contributed by atoms with E-state index in [4.69, 9.17) is 21.1 Å². The van der Waals surface area contributed by atoms with E-state index in [0.717, 1.165) is 29.3 Å². The van der Waals surface area contributed by atoms with E-state index in [2.05, 4.69) is 10.4 Å². The summed E-state index contributed by atoms with van der Waals surface area (Å²) in [6, 6.07) is 12.7. The third-order valence-corrected chi connectivity index (χ3v) is 5.74. The first-order valence-corrected chi connectivity index (χ1v) is 11.2. The molecule has 0 atom stereocenters. The predicted octanol–water partition coefficient (Wildman–Crippen LogP) is 5.65. The van der Waals surface area contributed by atoms with E-state index in [9.17, 15) is 22.8 Å². The van der Waals surface area contributed by atoms with Crippen LogP contribution in [0.4, 0.5) is 18.9 Å². The summed E-state index contributed by atoms with van der Waals surface area (Å²) >= 11 is 6.20. The molecular formula is C26H23ClF3N3O4. The fourth-order valence-electron chi connectivity index (χ4n) is 3.32. The molecule has 37 heavy (non-hydrogen) atoms. The maximum absolute atomic E-state index is 12.8. The number of carbonyl (C=O) groups is 2. The van der Waals surface area contributed by atoms with Crippen molar-refractivity contribution in [2.75, 3.05) is 12.4 Å². The van der Waals surface area contributed by atoms with Crippen molar-refractivity contribution in [1.29, 1.82) is 0 Å². The number of amides is 2. The molecule has 0 aromatic heterocycles. The van der Waals surface area contributed by atoms with E-state index < -0.39 is 23.6 Å². The van der Waals surface area contributed by atoms with Crippen LogP contribution in [0.3, 0.4) is 0 Å². The van der Waals surface area contributed by atoms with E-state index in [1.165, 1.54) is 19.4 Å². The number of alkyl halides is 3.